The molecule has 2 nitrogen and oxygen atoms in total. The van der Waals surface area contributed by atoms with Crippen LogP contribution < -0.4 is 10.5 Å². The van der Waals surface area contributed by atoms with Gasteiger partial charge in [-0.25, -0.2) is 0 Å². The lowest BCUT2D eigenvalue weighted by Gasteiger charge is -2.12. The Labute approximate surface area is 90.0 Å². The van der Waals surface area contributed by atoms with Crippen molar-refractivity contribution in [2.24, 2.45) is 5.73 Å². The van der Waals surface area contributed by atoms with Gasteiger partial charge in [-0.05, 0) is 31.0 Å². The van der Waals surface area contributed by atoms with Crippen molar-refractivity contribution >= 4 is 11.6 Å². The van der Waals surface area contributed by atoms with E-state index in [0.717, 1.165) is 17.7 Å². The molecule has 0 radical (unpaired) electrons. The minimum Gasteiger partial charge on any atom is -0.494 e. The van der Waals surface area contributed by atoms with E-state index in [4.69, 9.17) is 22.1 Å². The molecule has 1 rings (SSSR count). The number of nitrogens with two attached hydrogens (primary N) is 1. The zero-order chi connectivity index (χ0) is 10.6. The van der Waals surface area contributed by atoms with Gasteiger partial charge >= 0.3 is 0 Å². The van der Waals surface area contributed by atoms with Crippen molar-refractivity contribution in [2.45, 2.75) is 26.3 Å². The van der Waals surface area contributed by atoms with Crippen LogP contribution in [0.4, 0.5) is 0 Å². The largest absolute Gasteiger partial charge is 0.494 e. The summed E-state index contributed by atoms with van der Waals surface area (Å²) in [6.45, 7) is 4.63. The molecule has 1 unspecified atom stereocenters. The second-order valence-corrected chi connectivity index (χ2v) is 3.54. The first kappa shape index (κ1) is 11.3. The minimum atomic E-state index is 0.0122. The van der Waals surface area contributed by atoms with E-state index < -0.39 is 0 Å². The summed E-state index contributed by atoms with van der Waals surface area (Å²) in [4.78, 5) is 0. The van der Waals surface area contributed by atoms with Crippen LogP contribution >= 0.6 is 11.6 Å². The Morgan fingerprint density at radius 1 is 1.43 bits per heavy atom. The van der Waals surface area contributed by atoms with E-state index in [2.05, 4.69) is 0 Å². The Hall–Kier alpha value is -0.730. The number of rotatable bonds is 4. The maximum Gasteiger partial charge on any atom is 0.120 e. The van der Waals surface area contributed by atoms with Gasteiger partial charge in [0.1, 0.15) is 5.75 Å². The van der Waals surface area contributed by atoms with Gasteiger partial charge < -0.3 is 10.5 Å². The lowest BCUT2D eigenvalue weighted by Crippen LogP contribution is -2.09. The summed E-state index contributed by atoms with van der Waals surface area (Å²) in [5, 5.41) is 0.685. The Morgan fingerprint density at radius 3 is 2.64 bits per heavy atom. The Kier molecular flexibility index (Phi) is 4.23. The van der Waals surface area contributed by atoms with Crippen LogP contribution in [0.25, 0.3) is 0 Å². The van der Waals surface area contributed by atoms with E-state index in [0.29, 0.717) is 11.6 Å². The molecular weight excluding hydrogens is 198 g/mol. The van der Waals surface area contributed by atoms with Crippen molar-refractivity contribution in [3.8, 4) is 5.75 Å². The summed E-state index contributed by atoms with van der Waals surface area (Å²) in [5.74, 6) is 0.796. The molecule has 0 bridgehead atoms. The predicted octanol–water partition coefficient (Wildman–Crippen LogP) is 3.15. The molecular formula is C11H16ClNO. The summed E-state index contributed by atoms with van der Waals surface area (Å²) < 4.78 is 5.33. The van der Waals surface area contributed by atoms with Crippen molar-refractivity contribution in [1.29, 1.82) is 0 Å². The molecule has 0 fully saturated rings. The summed E-state index contributed by atoms with van der Waals surface area (Å²) in [7, 11) is 0. The van der Waals surface area contributed by atoms with Crippen LogP contribution in [-0.4, -0.2) is 6.61 Å². The molecule has 0 aromatic heterocycles. The molecule has 3 heteroatoms. The van der Waals surface area contributed by atoms with Crippen LogP contribution in [0.3, 0.4) is 0 Å². The highest BCUT2D eigenvalue weighted by Gasteiger charge is 2.08. The summed E-state index contributed by atoms with van der Waals surface area (Å²) in [6, 6.07) is 5.66. The van der Waals surface area contributed by atoms with Crippen molar-refractivity contribution in [3.63, 3.8) is 0 Å². The van der Waals surface area contributed by atoms with E-state index >= 15 is 0 Å². The number of hydrogen-bond donors (Lipinski definition) is 1. The molecule has 1 aromatic carbocycles. The van der Waals surface area contributed by atoms with E-state index in [1.807, 2.05) is 32.0 Å². The molecule has 2 N–H and O–H groups in total. The van der Waals surface area contributed by atoms with Gasteiger partial charge in [0.25, 0.3) is 0 Å². The van der Waals surface area contributed by atoms with Crippen LogP contribution in [-0.2, 0) is 0 Å². The lowest BCUT2D eigenvalue weighted by molar-refractivity contribution is 0.340. The standard InChI is InChI=1S/C11H16ClNO/c1-3-11(13)9-6-5-8(14-4-2)7-10(9)12/h5-7,11H,3-4,13H2,1-2H3. The average Bonchev–Trinajstić information content (AvgIpc) is 2.17. The summed E-state index contributed by atoms with van der Waals surface area (Å²) in [5.41, 5.74) is 6.88. The molecule has 0 heterocycles. The second kappa shape index (κ2) is 5.23. The first-order chi connectivity index (χ1) is 6.69. The van der Waals surface area contributed by atoms with Crippen LogP contribution in [0.2, 0.25) is 5.02 Å². The zero-order valence-electron chi connectivity index (χ0n) is 8.59. The summed E-state index contributed by atoms with van der Waals surface area (Å²) >= 11 is 6.08. The monoisotopic (exact) mass is 213 g/mol. The molecule has 1 atom stereocenters. The third kappa shape index (κ3) is 2.63. The quantitative estimate of drug-likeness (QED) is 0.834. The van der Waals surface area contributed by atoms with Gasteiger partial charge in [0.2, 0.25) is 0 Å². The second-order valence-electron chi connectivity index (χ2n) is 3.13. The van der Waals surface area contributed by atoms with Gasteiger partial charge in [0.15, 0.2) is 0 Å². The third-order valence-electron chi connectivity index (χ3n) is 2.12. The fraction of sp³-hybridized carbons (Fsp3) is 0.455. The maximum atomic E-state index is 6.08. The van der Waals surface area contributed by atoms with E-state index in [9.17, 15) is 0 Å². The minimum absolute atomic E-state index is 0.0122. The van der Waals surface area contributed by atoms with Crippen LogP contribution in [0.1, 0.15) is 31.9 Å². The van der Waals surface area contributed by atoms with Gasteiger partial charge in [0, 0.05) is 11.1 Å². The normalized spacial score (nSPS) is 12.6. The van der Waals surface area contributed by atoms with E-state index in [-0.39, 0.29) is 6.04 Å². The topological polar surface area (TPSA) is 35.2 Å². The average molecular weight is 214 g/mol. The number of halogens is 1. The molecule has 0 aliphatic rings. The number of hydrogen-bond acceptors (Lipinski definition) is 2. The highest BCUT2D eigenvalue weighted by Crippen LogP contribution is 2.27. The van der Waals surface area contributed by atoms with Crippen molar-refractivity contribution in [3.05, 3.63) is 28.8 Å². The van der Waals surface area contributed by atoms with E-state index in [1.54, 1.807) is 0 Å². The van der Waals surface area contributed by atoms with Gasteiger partial charge in [-0.2, -0.15) is 0 Å². The molecule has 0 spiro atoms. The first-order valence-electron chi connectivity index (χ1n) is 4.86. The maximum absolute atomic E-state index is 6.08. The fourth-order valence-electron chi connectivity index (χ4n) is 1.28. The highest BCUT2D eigenvalue weighted by atomic mass is 35.5. The third-order valence-corrected chi connectivity index (χ3v) is 2.45. The van der Waals surface area contributed by atoms with Crippen LogP contribution in [0.5, 0.6) is 5.75 Å². The molecule has 1 aromatic rings. The van der Waals surface area contributed by atoms with Gasteiger partial charge in [-0.3, -0.25) is 0 Å². The SMILES string of the molecule is CCOc1ccc(C(N)CC)c(Cl)c1. The van der Waals surface area contributed by atoms with Crippen LogP contribution in [0.15, 0.2) is 18.2 Å². The number of ether oxygens (including phenoxy) is 1. The first-order valence-corrected chi connectivity index (χ1v) is 5.24. The smallest absolute Gasteiger partial charge is 0.120 e. The van der Waals surface area contributed by atoms with Gasteiger partial charge in [-0.1, -0.05) is 24.6 Å². The van der Waals surface area contributed by atoms with E-state index in [1.165, 1.54) is 0 Å². The Bertz CT molecular complexity index is 301. The fourth-order valence-corrected chi connectivity index (χ4v) is 1.60. The molecule has 0 amide bonds. The summed E-state index contributed by atoms with van der Waals surface area (Å²) in [6.07, 6.45) is 0.883. The van der Waals surface area contributed by atoms with Crippen molar-refractivity contribution < 1.29 is 4.74 Å². The van der Waals surface area contributed by atoms with Gasteiger partial charge in [-0.15, -0.1) is 0 Å². The number of benzene rings is 1. The predicted molar refractivity (Wildman–Crippen MR) is 59.8 cm³/mol. The Balaban J connectivity index is 2.89. The highest BCUT2D eigenvalue weighted by molar-refractivity contribution is 6.31. The molecule has 0 saturated carbocycles. The lowest BCUT2D eigenvalue weighted by atomic mass is 10.1. The van der Waals surface area contributed by atoms with Crippen molar-refractivity contribution in [1.82, 2.24) is 0 Å². The molecule has 0 saturated heterocycles. The zero-order valence-corrected chi connectivity index (χ0v) is 9.34. The van der Waals surface area contributed by atoms with Crippen molar-refractivity contribution in [2.75, 3.05) is 6.61 Å². The molecule has 0 aliphatic heterocycles. The molecule has 0 aliphatic carbocycles. The van der Waals surface area contributed by atoms with Gasteiger partial charge in [0.05, 0.1) is 6.61 Å². The Morgan fingerprint density at radius 2 is 2.14 bits per heavy atom. The molecule has 14 heavy (non-hydrogen) atoms. The molecule has 78 valence electrons. The van der Waals surface area contributed by atoms with Crippen LogP contribution in [0, 0.1) is 0 Å².